The van der Waals surface area contributed by atoms with Crippen LogP contribution in [-0.2, 0) is 22.4 Å². The van der Waals surface area contributed by atoms with Crippen molar-refractivity contribution < 1.29 is 51.7 Å². The molecule has 2 aromatic carbocycles. The Balaban J connectivity index is 0. The Morgan fingerprint density at radius 2 is 1.20 bits per heavy atom. The molecule has 0 atom stereocenters. The molecule has 0 aliphatic carbocycles. The molecule has 6 N–H and O–H groups in total. The molecule has 0 heterocycles. The summed E-state index contributed by atoms with van der Waals surface area (Å²) in [5.41, 5.74) is 8.71. The van der Waals surface area contributed by atoms with Gasteiger partial charge in [-0.3, -0.25) is 20.4 Å². The molecule has 2 rings (SSSR count). The van der Waals surface area contributed by atoms with Crippen molar-refractivity contribution in [2.24, 2.45) is 5.84 Å². The van der Waals surface area contributed by atoms with E-state index in [0.717, 1.165) is 17.5 Å². The molecule has 0 aliphatic heterocycles. The monoisotopic (exact) mass is 686 g/mol. The predicted molar refractivity (Wildman–Crippen MR) is 163 cm³/mol. The largest absolute Gasteiger partial charge is 0.496 e. The zero-order valence-electron chi connectivity index (χ0n) is 25.9. The molecule has 0 unspecified atom stereocenters. The van der Waals surface area contributed by atoms with E-state index in [2.05, 4.69) is 16.3 Å². The minimum Gasteiger partial charge on any atom is -0.496 e. The highest BCUT2D eigenvalue weighted by Crippen LogP contribution is 2.23. The van der Waals surface area contributed by atoms with E-state index in [1.807, 2.05) is 19.9 Å². The second-order valence-electron chi connectivity index (χ2n) is 9.14. The number of hydrogen-bond acceptors (Lipinski definition) is 8. The molecule has 0 saturated heterocycles. The summed E-state index contributed by atoms with van der Waals surface area (Å²) in [6.07, 6.45) is -4.43. The van der Waals surface area contributed by atoms with Crippen LogP contribution in [-0.4, -0.2) is 60.3 Å². The molecule has 0 fully saturated rings. The number of rotatable bonds is 6. The maximum absolute atomic E-state index is 12.1. The molecule has 0 aliphatic rings. The van der Waals surface area contributed by atoms with Crippen molar-refractivity contribution in [1.82, 2.24) is 16.3 Å². The molecule has 0 radical (unpaired) electrons. The molecule has 12 nitrogen and oxygen atoms in total. The first-order valence-electron chi connectivity index (χ1n) is 12.9. The fraction of sp³-hybridized carbons (Fsp3) is 0.429. The molecule has 2 aromatic rings. The van der Waals surface area contributed by atoms with Crippen molar-refractivity contribution >= 4 is 47.1 Å². The third-order valence-electron chi connectivity index (χ3n) is 4.95. The lowest BCUT2D eigenvalue weighted by Gasteiger charge is -2.20. The number of alkyl halides is 5. The Morgan fingerprint density at radius 1 is 0.822 bits per heavy atom. The van der Waals surface area contributed by atoms with Crippen molar-refractivity contribution in [2.75, 3.05) is 19.6 Å². The summed E-state index contributed by atoms with van der Waals surface area (Å²) in [6, 6.07) is 10.5. The van der Waals surface area contributed by atoms with Crippen LogP contribution in [0.15, 0.2) is 36.4 Å². The van der Waals surface area contributed by atoms with Gasteiger partial charge in [0.05, 0.1) is 19.6 Å². The number of carbonyl (C=O) groups is 4. The Kier molecular flexibility index (Phi) is 20.8. The standard InChI is InChI=1S/C15H22N2O4.C10H14N2O2.C2HF3O2.CH2Cl2/c1-6-10-11(8-7-9-12(10)20-5)13(18)16-17-14(19)21-15(2,3)4;1-3-7-8(10(13)12-11)5-4-6-9(7)14-2;3-2(4,5)1(6)7;2-1-3/h7-9H,6H2,1-5H3,(H,16,18)(H,17,19);4-6H,3,11H2,1-2H3,(H,12,13);(H,6,7);1H2. The van der Waals surface area contributed by atoms with Crippen LogP contribution in [0.1, 0.15) is 66.5 Å². The Bertz CT molecular complexity index is 1240. The number of carboxylic acid groups (broad SMARTS) is 1. The maximum atomic E-state index is 12.1. The number of amides is 3. The van der Waals surface area contributed by atoms with E-state index >= 15 is 0 Å². The second kappa shape index (κ2) is 21.7. The highest BCUT2D eigenvalue weighted by Gasteiger charge is 2.38. The number of nitrogen functional groups attached to an aromatic ring is 1. The number of aliphatic carboxylic acids is 1. The highest BCUT2D eigenvalue weighted by atomic mass is 35.5. The maximum Gasteiger partial charge on any atom is 0.490 e. The number of nitrogens with one attached hydrogen (secondary N) is 3. The number of methoxy groups -OCH3 is 2. The highest BCUT2D eigenvalue weighted by molar-refractivity contribution is 6.40. The summed E-state index contributed by atoms with van der Waals surface area (Å²) in [7, 11) is 3.13. The first-order chi connectivity index (χ1) is 20.9. The van der Waals surface area contributed by atoms with E-state index in [4.69, 9.17) is 53.2 Å². The van der Waals surface area contributed by atoms with Gasteiger partial charge in [-0.1, -0.05) is 26.0 Å². The van der Waals surface area contributed by atoms with Crippen LogP contribution in [0.4, 0.5) is 18.0 Å². The van der Waals surface area contributed by atoms with Crippen molar-refractivity contribution in [1.29, 1.82) is 0 Å². The number of halogens is 5. The van der Waals surface area contributed by atoms with Crippen LogP contribution in [0.5, 0.6) is 11.5 Å². The molecule has 17 heteroatoms. The Hall–Kier alpha value is -3.95. The van der Waals surface area contributed by atoms with Gasteiger partial charge < -0.3 is 19.3 Å². The lowest BCUT2D eigenvalue weighted by Crippen LogP contribution is -2.44. The number of nitrogens with two attached hydrogens (primary N) is 1. The Morgan fingerprint density at radius 3 is 1.49 bits per heavy atom. The molecular formula is C28H39Cl2F3N4O8. The normalized spacial score (nSPS) is 10.2. The number of ether oxygens (including phenoxy) is 3. The van der Waals surface area contributed by atoms with E-state index in [1.54, 1.807) is 65.3 Å². The quantitative estimate of drug-likeness (QED) is 0.116. The van der Waals surface area contributed by atoms with E-state index in [0.29, 0.717) is 29.0 Å². The minimum atomic E-state index is -5.08. The zero-order chi connectivity index (χ0) is 35.4. The van der Waals surface area contributed by atoms with E-state index in [-0.39, 0.29) is 11.2 Å². The van der Waals surface area contributed by atoms with Crippen molar-refractivity contribution in [3.8, 4) is 11.5 Å². The Labute approximate surface area is 269 Å². The first kappa shape index (κ1) is 43.2. The van der Waals surface area contributed by atoms with Gasteiger partial charge in [0.25, 0.3) is 11.8 Å². The van der Waals surface area contributed by atoms with Crippen LogP contribution in [0, 0.1) is 0 Å². The van der Waals surface area contributed by atoms with Crippen LogP contribution in [0.25, 0.3) is 0 Å². The van der Waals surface area contributed by atoms with E-state index in [9.17, 15) is 27.6 Å². The topological polar surface area (TPSA) is 178 Å². The van der Waals surface area contributed by atoms with Crippen molar-refractivity contribution in [3.05, 3.63) is 58.7 Å². The van der Waals surface area contributed by atoms with Gasteiger partial charge >= 0.3 is 18.2 Å². The van der Waals surface area contributed by atoms with E-state index in [1.165, 1.54) is 0 Å². The van der Waals surface area contributed by atoms with Crippen LogP contribution in [0.2, 0.25) is 0 Å². The lowest BCUT2D eigenvalue weighted by molar-refractivity contribution is -0.192. The molecule has 0 aromatic heterocycles. The number of hydrogen-bond donors (Lipinski definition) is 5. The summed E-state index contributed by atoms with van der Waals surface area (Å²) < 4.78 is 47.1. The average molecular weight is 688 g/mol. The molecule has 254 valence electrons. The molecule has 45 heavy (non-hydrogen) atoms. The third-order valence-corrected chi connectivity index (χ3v) is 4.95. The van der Waals surface area contributed by atoms with Crippen LogP contribution >= 0.6 is 23.2 Å². The first-order valence-corrected chi connectivity index (χ1v) is 14.0. The smallest absolute Gasteiger partial charge is 0.490 e. The van der Waals surface area contributed by atoms with Crippen molar-refractivity contribution in [2.45, 2.75) is 59.2 Å². The molecule has 0 spiro atoms. The molecule has 0 bridgehead atoms. The zero-order valence-corrected chi connectivity index (χ0v) is 27.4. The van der Waals surface area contributed by atoms with Gasteiger partial charge in [-0.05, 0) is 57.9 Å². The summed E-state index contributed by atoms with van der Waals surface area (Å²) in [4.78, 5) is 43.9. The molecular weight excluding hydrogens is 648 g/mol. The second-order valence-corrected chi connectivity index (χ2v) is 9.95. The van der Waals surface area contributed by atoms with Crippen molar-refractivity contribution in [3.63, 3.8) is 0 Å². The molecule has 0 saturated carbocycles. The van der Waals surface area contributed by atoms with Gasteiger partial charge in [-0.25, -0.2) is 20.9 Å². The van der Waals surface area contributed by atoms with Gasteiger partial charge in [0.15, 0.2) is 0 Å². The van der Waals surface area contributed by atoms with Gasteiger partial charge in [0.2, 0.25) is 0 Å². The lowest BCUT2D eigenvalue weighted by atomic mass is 10.0. The predicted octanol–water partition coefficient (Wildman–Crippen LogP) is 5.34. The summed E-state index contributed by atoms with van der Waals surface area (Å²) in [5.74, 6) is 2.97. The average Bonchev–Trinajstić information content (AvgIpc) is 2.98. The summed E-state index contributed by atoms with van der Waals surface area (Å²) in [5, 5.41) is 7.32. The molecule has 3 amide bonds. The van der Waals surface area contributed by atoms with E-state index < -0.39 is 29.7 Å². The number of benzene rings is 2. The SMILES string of the molecule is CCc1c(OC)cccc1C(=O)NN.CCc1c(OC)cccc1C(=O)NNC(=O)OC(C)(C)C.ClCCl.O=C(O)C(F)(F)F. The van der Waals surface area contributed by atoms with Gasteiger partial charge in [0, 0.05) is 22.3 Å². The summed E-state index contributed by atoms with van der Waals surface area (Å²) in [6.45, 7) is 9.12. The number of hydrazine groups is 2. The van der Waals surface area contributed by atoms with Gasteiger partial charge in [0.1, 0.15) is 17.1 Å². The fourth-order valence-electron chi connectivity index (χ4n) is 3.23. The van der Waals surface area contributed by atoms with Gasteiger partial charge in [-0.2, -0.15) is 13.2 Å². The van der Waals surface area contributed by atoms with Gasteiger partial charge in [-0.15, -0.1) is 23.2 Å². The minimum absolute atomic E-state index is 0.194. The number of carbonyl (C=O) groups excluding carboxylic acids is 3. The number of carboxylic acids is 1. The third kappa shape index (κ3) is 17.2. The summed E-state index contributed by atoms with van der Waals surface area (Å²) >= 11 is 9.53. The van der Waals surface area contributed by atoms with Crippen LogP contribution in [0.3, 0.4) is 0 Å². The fourth-order valence-corrected chi connectivity index (χ4v) is 3.23. The van der Waals surface area contributed by atoms with Crippen LogP contribution < -0.4 is 31.6 Å².